The zero-order chi connectivity index (χ0) is 19.0. The fourth-order valence-electron chi connectivity index (χ4n) is 2.50. The molecule has 0 radical (unpaired) electrons. The van der Waals surface area contributed by atoms with Crippen LogP contribution in [0.2, 0.25) is 0 Å². The van der Waals surface area contributed by atoms with E-state index in [1.165, 1.54) is 36.9 Å². The molecule has 0 fully saturated rings. The minimum atomic E-state index is -1.28. The first kappa shape index (κ1) is 17.9. The number of hydrogen-bond acceptors (Lipinski definition) is 6. The number of carbonyl (C=O) groups excluding carboxylic acids is 2. The summed E-state index contributed by atoms with van der Waals surface area (Å²) in [5, 5.41) is 7.87. The maximum atomic E-state index is 12.8. The molecule has 3 rings (SSSR count). The van der Waals surface area contributed by atoms with Gasteiger partial charge in [0.15, 0.2) is 23.0 Å². The van der Waals surface area contributed by atoms with Crippen molar-refractivity contribution in [3.8, 4) is 5.69 Å². The Balaban J connectivity index is 2.16. The van der Waals surface area contributed by atoms with Crippen LogP contribution in [-0.2, 0) is 9.59 Å². The molecule has 1 aromatic carbocycles. The highest BCUT2D eigenvalue weighted by Gasteiger charge is 2.29. The summed E-state index contributed by atoms with van der Waals surface area (Å²) in [7, 11) is 3.03. The topological polar surface area (TPSA) is 103 Å². The molecule has 3 aromatic rings. The fraction of sp³-hybridized carbons (Fsp3) is 0.250. The molecule has 9 nitrogen and oxygen atoms in total. The lowest BCUT2D eigenvalue weighted by molar-refractivity contribution is -0.137. The first-order valence-electron chi connectivity index (χ1n) is 7.61. The van der Waals surface area contributed by atoms with E-state index < -0.39 is 23.3 Å². The maximum Gasteiger partial charge on any atom is 0.284 e. The van der Waals surface area contributed by atoms with Crippen molar-refractivity contribution in [3.05, 3.63) is 45.4 Å². The van der Waals surface area contributed by atoms with Crippen LogP contribution >= 0.6 is 15.9 Å². The molecule has 0 spiro atoms. The molecular weight excluding hydrogens is 404 g/mol. The molecule has 0 aliphatic heterocycles. The number of fused-ring (bicyclic) bond motifs is 1. The minimum absolute atomic E-state index is 0.0202. The molecule has 1 unspecified atom stereocenters. The van der Waals surface area contributed by atoms with Gasteiger partial charge in [-0.05, 0) is 31.2 Å². The normalized spacial score (nSPS) is 12.2. The van der Waals surface area contributed by atoms with Gasteiger partial charge in [0.2, 0.25) is 0 Å². The smallest absolute Gasteiger partial charge is 0.284 e. The van der Waals surface area contributed by atoms with Gasteiger partial charge >= 0.3 is 0 Å². The highest BCUT2D eigenvalue weighted by Crippen LogP contribution is 2.16. The SMILES string of the molecule is CC(=O)C(C(=O)N(C)C)n1cnc2c(nnn2-c2ccc(Br)cc2)c1=O. The summed E-state index contributed by atoms with van der Waals surface area (Å²) >= 11 is 3.35. The average molecular weight is 419 g/mol. The Morgan fingerprint density at radius 2 is 1.85 bits per heavy atom. The number of aromatic nitrogens is 5. The van der Waals surface area contributed by atoms with Gasteiger partial charge in [-0.25, -0.2) is 4.98 Å². The fourth-order valence-corrected chi connectivity index (χ4v) is 2.76. The number of benzene rings is 1. The van der Waals surface area contributed by atoms with Crippen LogP contribution in [0, 0.1) is 0 Å². The van der Waals surface area contributed by atoms with Crippen LogP contribution in [-0.4, -0.2) is 55.2 Å². The molecular formula is C16H15BrN6O3. The van der Waals surface area contributed by atoms with Crippen molar-refractivity contribution >= 4 is 38.8 Å². The van der Waals surface area contributed by atoms with Gasteiger partial charge < -0.3 is 4.90 Å². The number of Topliss-reactive ketones (excluding diaryl/α,β-unsaturated/α-hetero) is 1. The van der Waals surface area contributed by atoms with Crippen LogP contribution in [0.1, 0.15) is 13.0 Å². The zero-order valence-corrected chi connectivity index (χ0v) is 15.8. The first-order valence-corrected chi connectivity index (χ1v) is 8.40. The molecule has 0 N–H and O–H groups in total. The van der Waals surface area contributed by atoms with Crippen molar-refractivity contribution in [1.82, 2.24) is 29.4 Å². The number of ketones is 1. The van der Waals surface area contributed by atoms with E-state index in [1.54, 1.807) is 12.1 Å². The van der Waals surface area contributed by atoms with E-state index in [-0.39, 0.29) is 11.2 Å². The van der Waals surface area contributed by atoms with E-state index in [2.05, 4.69) is 31.2 Å². The number of halogens is 1. The minimum Gasteiger partial charge on any atom is -0.347 e. The van der Waals surface area contributed by atoms with Crippen LogP contribution in [0.5, 0.6) is 0 Å². The van der Waals surface area contributed by atoms with Crippen LogP contribution in [0.4, 0.5) is 0 Å². The van der Waals surface area contributed by atoms with Gasteiger partial charge in [0.25, 0.3) is 11.5 Å². The van der Waals surface area contributed by atoms with Crippen molar-refractivity contribution in [2.45, 2.75) is 13.0 Å². The second-order valence-electron chi connectivity index (χ2n) is 5.85. The Kier molecular flexibility index (Phi) is 4.68. The van der Waals surface area contributed by atoms with E-state index in [1.807, 2.05) is 12.1 Å². The van der Waals surface area contributed by atoms with Crippen LogP contribution in [0.3, 0.4) is 0 Å². The van der Waals surface area contributed by atoms with Gasteiger partial charge in [-0.2, -0.15) is 4.68 Å². The summed E-state index contributed by atoms with van der Waals surface area (Å²) < 4.78 is 3.31. The quantitative estimate of drug-likeness (QED) is 0.584. The predicted octanol–water partition coefficient (Wildman–Crippen LogP) is 0.958. The van der Waals surface area contributed by atoms with Crippen LogP contribution < -0.4 is 5.56 Å². The zero-order valence-electron chi connectivity index (χ0n) is 14.3. The number of nitrogens with zero attached hydrogens (tertiary/aromatic N) is 6. The van der Waals surface area contributed by atoms with E-state index in [4.69, 9.17) is 0 Å². The lowest BCUT2D eigenvalue weighted by Gasteiger charge is -2.19. The molecule has 2 heterocycles. The first-order chi connectivity index (χ1) is 12.3. The highest BCUT2D eigenvalue weighted by molar-refractivity contribution is 9.10. The van der Waals surface area contributed by atoms with Gasteiger partial charge in [0.1, 0.15) is 6.33 Å². The number of hydrogen-bond donors (Lipinski definition) is 0. The molecule has 0 bridgehead atoms. The Hall–Kier alpha value is -2.88. The summed E-state index contributed by atoms with van der Waals surface area (Å²) in [6.07, 6.45) is 1.18. The Bertz CT molecular complexity index is 1050. The lowest BCUT2D eigenvalue weighted by Crippen LogP contribution is -2.40. The summed E-state index contributed by atoms with van der Waals surface area (Å²) in [5.74, 6) is -0.978. The van der Waals surface area contributed by atoms with Crippen molar-refractivity contribution in [3.63, 3.8) is 0 Å². The Labute approximate surface area is 156 Å². The maximum absolute atomic E-state index is 12.8. The molecule has 10 heteroatoms. The molecule has 0 aliphatic rings. The van der Waals surface area contributed by atoms with E-state index in [0.29, 0.717) is 5.69 Å². The third-order valence-corrected chi connectivity index (χ3v) is 4.33. The number of likely N-dealkylation sites (N-methyl/N-ethyl adjacent to an activating group) is 1. The van der Waals surface area contributed by atoms with Crippen molar-refractivity contribution in [2.24, 2.45) is 0 Å². The Morgan fingerprint density at radius 1 is 1.19 bits per heavy atom. The molecule has 0 saturated carbocycles. The molecule has 0 saturated heterocycles. The predicted molar refractivity (Wildman–Crippen MR) is 97.0 cm³/mol. The highest BCUT2D eigenvalue weighted by atomic mass is 79.9. The van der Waals surface area contributed by atoms with Crippen molar-refractivity contribution in [1.29, 1.82) is 0 Å². The second kappa shape index (κ2) is 6.79. The Morgan fingerprint density at radius 3 is 2.42 bits per heavy atom. The van der Waals surface area contributed by atoms with E-state index in [0.717, 1.165) is 9.04 Å². The molecule has 26 heavy (non-hydrogen) atoms. The molecule has 1 atom stereocenters. The van der Waals surface area contributed by atoms with E-state index >= 15 is 0 Å². The largest absolute Gasteiger partial charge is 0.347 e. The van der Waals surface area contributed by atoms with Crippen molar-refractivity contribution in [2.75, 3.05) is 14.1 Å². The third-order valence-electron chi connectivity index (χ3n) is 3.80. The lowest BCUT2D eigenvalue weighted by atomic mass is 10.2. The number of rotatable bonds is 4. The van der Waals surface area contributed by atoms with Crippen molar-refractivity contribution < 1.29 is 9.59 Å². The molecule has 2 aromatic heterocycles. The summed E-state index contributed by atoms with van der Waals surface area (Å²) in [6, 6.07) is 5.95. The van der Waals surface area contributed by atoms with Gasteiger partial charge in [0, 0.05) is 18.6 Å². The number of carbonyl (C=O) groups is 2. The molecule has 134 valence electrons. The molecule has 1 amide bonds. The number of amides is 1. The second-order valence-corrected chi connectivity index (χ2v) is 6.77. The van der Waals surface area contributed by atoms with Gasteiger partial charge in [-0.1, -0.05) is 21.1 Å². The van der Waals surface area contributed by atoms with Gasteiger partial charge in [-0.3, -0.25) is 19.0 Å². The summed E-state index contributed by atoms with van der Waals surface area (Å²) in [5.41, 5.74) is 0.294. The van der Waals surface area contributed by atoms with Crippen LogP contribution in [0.25, 0.3) is 16.9 Å². The standard InChI is InChI=1S/C16H15BrN6O3/c1-9(24)13(16(26)21(2)3)22-8-18-14-12(15(22)25)19-20-23(14)11-6-4-10(17)5-7-11/h4-8,13H,1-3H3. The monoisotopic (exact) mass is 418 g/mol. The van der Waals surface area contributed by atoms with Gasteiger partial charge in [-0.15, -0.1) is 5.10 Å². The van der Waals surface area contributed by atoms with E-state index in [9.17, 15) is 14.4 Å². The third kappa shape index (κ3) is 3.03. The summed E-state index contributed by atoms with van der Waals surface area (Å²) in [6.45, 7) is 1.25. The molecule has 0 aliphatic carbocycles. The average Bonchev–Trinajstić information content (AvgIpc) is 3.02. The summed E-state index contributed by atoms with van der Waals surface area (Å²) in [4.78, 5) is 42.5. The van der Waals surface area contributed by atoms with Gasteiger partial charge in [0.05, 0.1) is 5.69 Å². The van der Waals surface area contributed by atoms with Crippen LogP contribution in [0.15, 0.2) is 39.9 Å².